The normalized spacial score (nSPS) is 17.7. The molecular weight excluding hydrogens is 332 g/mol. The van der Waals surface area contributed by atoms with Crippen LogP contribution in [-0.2, 0) is 14.3 Å². The maximum absolute atomic E-state index is 12.4. The van der Waals surface area contributed by atoms with E-state index in [2.05, 4.69) is 0 Å². The summed E-state index contributed by atoms with van der Waals surface area (Å²) in [6.45, 7) is 2.46. The highest BCUT2D eigenvalue weighted by molar-refractivity contribution is 7.99. The Balaban J connectivity index is 2.10. The number of ether oxygens (including phenoxy) is 1. The third-order valence-corrected chi connectivity index (χ3v) is 4.49. The van der Waals surface area contributed by atoms with Gasteiger partial charge in [0.2, 0.25) is 5.91 Å². The van der Waals surface area contributed by atoms with Crippen molar-refractivity contribution >= 4 is 35.4 Å². The first-order valence-electron chi connectivity index (χ1n) is 7.50. The standard InChI is InChI=1S/C16H18N2O5S/c1-2-23-16(20)14-11-24-9-8-17(14)15(19)7-6-12-4-3-5-13(10-12)18(21)22/h3-7,10,14H,2,8-9,11H2,1H3/b7-6+. The Morgan fingerprint density at radius 1 is 1.50 bits per heavy atom. The largest absolute Gasteiger partial charge is 0.464 e. The summed E-state index contributed by atoms with van der Waals surface area (Å²) in [5.41, 5.74) is 0.514. The Bertz CT molecular complexity index is 662. The van der Waals surface area contributed by atoms with E-state index in [4.69, 9.17) is 4.74 Å². The topological polar surface area (TPSA) is 89.8 Å². The molecule has 0 spiro atoms. The summed E-state index contributed by atoms with van der Waals surface area (Å²) >= 11 is 1.60. The van der Waals surface area contributed by atoms with Crippen LogP contribution in [0.3, 0.4) is 0 Å². The van der Waals surface area contributed by atoms with Gasteiger partial charge in [0, 0.05) is 36.3 Å². The van der Waals surface area contributed by atoms with Crippen LogP contribution >= 0.6 is 11.8 Å². The first kappa shape index (κ1) is 18.0. The smallest absolute Gasteiger partial charge is 0.329 e. The van der Waals surface area contributed by atoms with Crippen LogP contribution in [0.5, 0.6) is 0 Å². The molecule has 1 unspecified atom stereocenters. The summed E-state index contributed by atoms with van der Waals surface area (Å²) in [6, 6.07) is 5.41. The summed E-state index contributed by atoms with van der Waals surface area (Å²) in [5.74, 6) is 0.559. The molecule has 0 aromatic heterocycles. The average Bonchev–Trinajstić information content (AvgIpc) is 2.60. The molecule has 0 radical (unpaired) electrons. The number of non-ortho nitro benzene ring substituents is 1. The first-order chi connectivity index (χ1) is 11.5. The lowest BCUT2D eigenvalue weighted by molar-refractivity contribution is -0.384. The Kier molecular flexibility index (Phi) is 6.36. The Morgan fingerprint density at radius 3 is 3.00 bits per heavy atom. The van der Waals surface area contributed by atoms with Crippen LogP contribution in [0.2, 0.25) is 0 Å². The van der Waals surface area contributed by atoms with E-state index in [0.717, 1.165) is 5.75 Å². The third-order valence-electron chi connectivity index (χ3n) is 3.47. The molecule has 1 saturated heterocycles. The Labute approximate surface area is 143 Å². The molecule has 0 aliphatic carbocycles. The van der Waals surface area contributed by atoms with E-state index < -0.39 is 16.9 Å². The SMILES string of the molecule is CCOC(=O)C1CSCCN1C(=O)/C=C/c1cccc([N+](=O)[O-])c1. The Morgan fingerprint density at radius 2 is 2.29 bits per heavy atom. The number of benzene rings is 1. The molecule has 1 amide bonds. The summed E-state index contributed by atoms with van der Waals surface area (Å²) in [4.78, 5) is 36.1. The third kappa shape index (κ3) is 4.58. The van der Waals surface area contributed by atoms with Crippen LogP contribution in [0.1, 0.15) is 12.5 Å². The predicted molar refractivity (Wildman–Crippen MR) is 91.6 cm³/mol. The number of thioether (sulfide) groups is 1. The van der Waals surface area contributed by atoms with Crippen molar-refractivity contribution in [3.05, 3.63) is 46.0 Å². The van der Waals surface area contributed by atoms with Crippen LogP contribution in [0, 0.1) is 10.1 Å². The molecule has 1 aromatic carbocycles. The van der Waals surface area contributed by atoms with E-state index >= 15 is 0 Å². The molecule has 1 aromatic rings. The van der Waals surface area contributed by atoms with Crippen molar-refractivity contribution < 1.29 is 19.2 Å². The van der Waals surface area contributed by atoms with E-state index in [1.807, 2.05) is 0 Å². The summed E-state index contributed by atoms with van der Waals surface area (Å²) in [6.07, 6.45) is 2.85. The molecule has 0 bridgehead atoms. The number of esters is 1. The van der Waals surface area contributed by atoms with Crippen LogP contribution in [0.25, 0.3) is 6.08 Å². The molecule has 1 atom stereocenters. The number of hydrogen-bond acceptors (Lipinski definition) is 6. The second-order valence-electron chi connectivity index (χ2n) is 5.06. The number of rotatable bonds is 5. The molecule has 8 heteroatoms. The summed E-state index contributed by atoms with van der Waals surface area (Å²) < 4.78 is 5.02. The van der Waals surface area contributed by atoms with Crippen molar-refractivity contribution in [2.45, 2.75) is 13.0 Å². The monoisotopic (exact) mass is 350 g/mol. The van der Waals surface area contributed by atoms with E-state index in [9.17, 15) is 19.7 Å². The Hall–Kier alpha value is -2.35. The number of carbonyl (C=O) groups is 2. The van der Waals surface area contributed by atoms with Crippen molar-refractivity contribution in [3.8, 4) is 0 Å². The zero-order valence-electron chi connectivity index (χ0n) is 13.2. The second-order valence-corrected chi connectivity index (χ2v) is 6.21. The first-order valence-corrected chi connectivity index (χ1v) is 8.66. The van der Waals surface area contributed by atoms with Gasteiger partial charge in [0.1, 0.15) is 6.04 Å². The molecule has 1 fully saturated rings. The molecule has 0 N–H and O–H groups in total. The number of carbonyl (C=O) groups excluding carboxylic acids is 2. The van der Waals surface area contributed by atoms with Gasteiger partial charge in [-0.3, -0.25) is 14.9 Å². The fourth-order valence-corrected chi connectivity index (χ4v) is 3.34. The molecular formula is C16H18N2O5S. The zero-order valence-corrected chi connectivity index (χ0v) is 14.0. The highest BCUT2D eigenvalue weighted by atomic mass is 32.2. The van der Waals surface area contributed by atoms with Crippen LogP contribution in [0.15, 0.2) is 30.3 Å². The highest BCUT2D eigenvalue weighted by Crippen LogP contribution is 2.19. The van der Waals surface area contributed by atoms with Gasteiger partial charge >= 0.3 is 5.97 Å². The average molecular weight is 350 g/mol. The molecule has 1 heterocycles. The van der Waals surface area contributed by atoms with Crippen LogP contribution < -0.4 is 0 Å². The van der Waals surface area contributed by atoms with Gasteiger partial charge in [0.05, 0.1) is 11.5 Å². The van der Waals surface area contributed by atoms with E-state index in [1.165, 1.54) is 29.2 Å². The van der Waals surface area contributed by atoms with Crippen molar-refractivity contribution in [3.63, 3.8) is 0 Å². The van der Waals surface area contributed by atoms with Gasteiger partial charge in [0.25, 0.3) is 5.69 Å². The molecule has 24 heavy (non-hydrogen) atoms. The number of hydrogen-bond donors (Lipinski definition) is 0. The van der Waals surface area contributed by atoms with Crippen LogP contribution in [0.4, 0.5) is 5.69 Å². The molecule has 1 aliphatic rings. The maximum Gasteiger partial charge on any atom is 0.329 e. The lowest BCUT2D eigenvalue weighted by Gasteiger charge is -2.32. The number of nitro benzene ring substituents is 1. The number of nitro groups is 1. The molecule has 128 valence electrons. The van der Waals surface area contributed by atoms with Gasteiger partial charge in [-0.1, -0.05) is 12.1 Å². The number of nitrogens with zero attached hydrogens (tertiary/aromatic N) is 2. The minimum absolute atomic E-state index is 0.0385. The van der Waals surface area contributed by atoms with Gasteiger partial charge in [-0.25, -0.2) is 4.79 Å². The van der Waals surface area contributed by atoms with Crippen molar-refractivity contribution in [1.29, 1.82) is 0 Å². The van der Waals surface area contributed by atoms with E-state index in [1.54, 1.807) is 30.8 Å². The lowest BCUT2D eigenvalue weighted by Crippen LogP contribution is -2.50. The molecule has 0 saturated carbocycles. The minimum Gasteiger partial charge on any atom is -0.464 e. The van der Waals surface area contributed by atoms with E-state index in [0.29, 0.717) is 17.9 Å². The quantitative estimate of drug-likeness (QED) is 0.350. The van der Waals surface area contributed by atoms with Crippen LogP contribution in [-0.4, -0.2) is 52.4 Å². The van der Waals surface area contributed by atoms with Gasteiger partial charge in [0.15, 0.2) is 0 Å². The molecule has 2 rings (SSSR count). The highest BCUT2D eigenvalue weighted by Gasteiger charge is 2.32. The maximum atomic E-state index is 12.4. The minimum atomic E-state index is -0.592. The molecule has 7 nitrogen and oxygen atoms in total. The van der Waals surface area contributed by atoms with Gasteiger partial charge in [-0.2, -0.15) is 11.8 Å². The van der Waals surface area contributed by atoms with Crippen molar-refractivity contribution in [2.75, 3.05) is 24.7 Å². The fraction of sp³-hybridized carbons (Fsp3) is 0.375. The van der Waals surface area contributed by atoms with Crippen molar-refractivity contribution in [2.24, 2.45) is 0 Å². The lowest BCUT2D eigenvalue weighted by atomic mass is 10.2. The summed E-state index contributed by atoms with van der Waals surface area (Å²) in [5, 5.41) is 10.8. The predicted octanol–water partition coefficient (Wildman–Crippen LogP) is 2.12. The van der Waals surface area contributed by atoms with Gasteiger partial charge in [-0.05, 0) is 18.6 Å². The van der Waals surface area contributed by atoms with Gasteiger partial charge in [-0.15, -0.1) is 0 Å². The summed E-state index contributed by atoms with van der Waals surface area (Å²) in [7, 11) is 0. The number of amides is 1. The molecule has 1 aliphatic heterocycles. The van der Waals surface area contributed by atoms with E-state index in [-0.39, 0.29) is 18.2 Å². The van der Waals surface area contributed by atoms with Crippen molar-refractivity contribution in [1.82, 2.24) is 4.90 Å². The fourth-order valence-electron chi connectivity index (χ4n) is 2.31. The second kappa shape index (κ2) is 8.49. The van der Waals surface area contributed by atoms with Gasteiger partial charge < -0.3 is 9.64 Å². The zero-order chi connectivity index (χ0) is 17.5.